The lowest BCUT2D eigenvalue weighted by molar-refractivity contribution is 0.0754. The molecule has 0 spiro atoms. The molecule has 0 aromatic heterocycles. The summed E-state index contributed by atoms with van der Waals surface area (Å²) < 4.78 is 18.8. The van der Waals surface area contributed by atoms with Gasteiger partial charge in [0, 0.05) is 25.3 Å². The van der Waals surface area contributed by atoms with Crippen molar-refractivity contribution in [3.8, 4) is 0 Å². The Morgan fingerprint density at radius 2 is 2.06 bits per heavy atom. The first-order valence-corrected chi connectivity index (χ1v) is 6.26. The number of hydrogen-bond acceptors (Lipinski definition) is 2. The number of aryl methyl sites for hydroxylation is 1. The number of hydrogen-bond donors (Lipinski definition) is 1. The molecule has 17 heavy (non-hydrogen) atoms. The van der Waals surface area contributed by atoms with Crippen molar-refractivity contribution in [2.75, 3.05) is 13.2 Å². The monoisotopic (exact) mass is 237 g/mol. The average molecular weight is 237 g/mol. The Morgan fingerprint density at radius 3 is 2.71 bits per heavy atom. The normalized spacial score (nSPS) is 19.2. The highest BCUT2D eigenvalue weighted by Crippen LogP contribution is 2.18. The maximum atomic E-state index is 13.5. The number of halogens is 1. The van der Waals surface area contributed by atoms with E-state index in [1.165, 1.54) is 0 Å². The highest BCUT2D eigenvalue weighted by Gasteiger charge is 2.17. The van der Waals surface area contributed by atoms with Crippen molar-refractivity contribution in [3.05, 3.63) is 35.1 Å². The molecular weight excluding hydrogens is 217 g/mol. The highest BCUT2D eigenvalue weighted by molar-refractivity contribution is 5.25. The summed E-state index contributed by atoms with van der Waals surface area (Å²) >= 11 is 0. The van der Waals surface area contributed by atoms with Crippen molar-refractivity contribution in [1.29, 1.82) is 0 Å². The third kappa shape index (κ3) is 3.27. The molecule has 1 fully saturated rings. The maximum Gasteiger partial charge on any atom is 0.126 e. The predicted molar refractivity (Wildman–Crippen MR) is 66.5 cm³/mol. The van der Waals surface area contributed by atoms with Gasteiger partial charge in [-0.1, -0.05) is 12.1 Å². The molecule has 0 radical (unpaired) electrons. The van der Waals surface area contributed by atoms with Crippen LogP contribution < -0.4 is 5.32 Å². The third-order valence-electron chi connectivity index (χ3n) is 3.40. The number of rotatable bonds is 3. The first kappa shape index (κ1) is 12.5. The second kappa shape index (κ2) is 5.61. The Kier molecular flexibility index (Phi) is 4.13. The van der Waals surface area contributed by atoms with Crippen molar-refractivity contribution in [2.45, 2.75) is 38.8 Å². The van der Waals surface area contributed by atoms with E-state index in [0.717, 1.165) is 31.6 Å². The molecule has 1 unspecified atom stereocenters. The minimum Gasteiger partial charge on any atom is -0.381 e. The van der Waals surface area contributed by atoms with E-state index >= 15 is 0 Å². The van der Waals surface area contributed by atoms with Crippen molar-refractivity contribution in [2.24, 2.45) is 0 Å². The van der Waals surface area contributed by atoms with Gasteiger partial charge in [-0.2, -0.15) is 0 Å². The SMILES string of the molecule is Cc1ccc(C(C)NC2CCOCC2)cc1F. The van der Waals surface area contributed by atoms with Crippen LogP contribution in [0.2, 0.25) is 0 Å². The zero-order chi connectivity index (χ0) is 12.3. The van der Waals surface area contributed by atoms with E-state index in [9.17, 15) is 4.39 Å². The van der Waals surface area contributed by atoms with Gasteiger partial charge in [-0.15, -0.1) is 0 Å². The summed E-state index contributed by atoms with van der Waals surface area (Å²) in [4.78, 5) is 0. The molecular formula is C14H20FNO. The molecule has 1 aliphatic heterocycles. The summed E-state index contributed by atoms with van der Waals surface area (Å²) in [6.45, 7) is 5.52. The van der Waals surface area contributed by atoms with Gasteiger partial charge in [0.15, 0.2) is 0 Å². The highest BCUT2D eigenvalue weighted by atomic mass is 19.1. The van der Waals surface area contributed by atoms with E-state index in [0.29, 0.717) is 11.6 Å². The molecule has 0 amide bonds. The molecule has 1 aromatic rings. The van der Waals surface area contributed by atoms with E-state index in [1.807, 2.05) is 12.1 Å². The van der Waals surface area contributed by atoms with E-state index < -0.39 is 0 Å². The fourth-order valence-electron chi connectivity index (χ4n) is 2.19. The standard InChI is InChI=1S/C14H20FNO/c1-10-3-4-12(9-14(10)15)11(2)16-13-5-7-17-8-6-13/h3-4,9,11,13,16H,5-8H2,1-2H3. The predicted octanol–water partition coefficient (Wildman–Crippen LogP) is 2.96. The minimum atomic E-state index is -0.122. The molecule has 0 bridgehead atoms. The maximum absolute atomic E-state index is 13.5. The molecule has 1 heterocycles. The van der Waals surface area contributed by atoms with Crippen molar-refractivity contribution >= 4 is 0 Å². The van der Waals surface area contributed by atoms with Crippen LogP contribution in [0.5, 0.6) is 0 Å². The number of nitrogens with one attached hydrogen (secondary N) is 1. The second-order valence-corrected chi connectivity index (χ2v) is 4.78. The van der Waals surface area contributed by atoms with Crippen LogP contribution in [-0.2, 0) is 4.74 Å². The summed E-state index contributed by atoms with van der Waals surface area (Å²) in [6.07, 6.45) is 2.08. The van der Waals surface area contributed by atoms with Crippen molar-refractivity contribution in [1.82, 2.24) is 5.32 Å². The molecule has 2 rings (SSSR count). The van der Waals surface area contributed by atoms with Crippen LogP contribution in [0.25, 0.3) is 0 Å². The van der Waals surface area contributed by atoms with Gasteiger partial charge in [-0.05, 0) is 43.9 Å². The van der Waals surface area contributed by atoms with Gasteiger partial charge in [0.25, 0.3) is 0 Å². The van der Waals surface area contributed by atoms with Gasteiger partial charge >= 0.3 is 0 Å². The first-order valence-electron chi connectivity index (χ1n) is 6.26. The van der Waals surface area contributed by atoms with Crippen LogP contribution in [0.4, 0.5) is 4.39 Å². The van der Waals surface area contributed by atoms with Gasteiger partial charge in [-0.25, -0.2) is 4.39 Å². The Morgan fingerprint density at radius 1 is 1.35 bits per heavy atom. The molecule has 1 saturated heterocycles. The molecule has 1 aliphatic rings. The van der Waals surface area contributed by atoms with Crippen LogP contribution in [0, 0.1) is 12.7 Å². The smallest absolute Gasteiger partial charge is 0.126 e. The Labute approximate surface area is 102 Å². The zero-order valence-electron chi connectivity index (χ0n) is 10.5. The molecule has 1 atom stereocenters. The lowest BCUT2D eigenvalue weighted by Crippen LogP contribution is -2.36. The lowest BCUT2D eigenvalue weighted by Gasteiger charge is -2.27. The Bertz CT molecular complexity index is 374. The minimum absolute atomic E-state index is 0.122. The quantitative estimate of drug-likeness (QED) is 0.872. The van der Waals surface area contributed by atoms with E-state index in [1.54, 1.807) is 13.0 Å². The zero-order valence-corrected chi connectivity index (χ0v) is 10.5. The number of ether oxygens (including phenoxy) is 1. The Balaban J connectivity index is 1.98. The van der Waals surface area contributed by atoms with Crippen LogP contribution in [-0.4, -0.2) is 19.3 Å². The summed E-state index contributed by atoms with van der Waals surface area (Å²) in [6, 6.07) is 6.14. The molecule has 2 nitrogen and oxygen atoms in total. The van der Waals surface area contributed by atoms with E-state index in [2.05, 4.69) is 12.2 Å². The van der Waals surface area contributed by atoms with Gasteiger partial charge in [0.1, 0.15) is 5.82 Å². The van der Waals surface area contributed by atoms with E-state index in [4.69, 9.17) is 4.74 Å². The average Bonchev–Trinajstić information content (AvgIpc) is 2.34. The number of benzene rings is 1. The summed E-state index contributed by atoms with van der Waals surface area (Å²) in [5.74, 6) is -0.122. The van der Waals surface area contributed by atoms with Crippen molar-refractivity contribution < 1.29 is 9.13 Å². The molecule has 0 saturated carbocycles. The van der Waals surface area contributed by atoms with Gasteiger partial charge in [0.2, 0.25) is 0 Å². The topological polar surface area (TPSA) is 21.3 Å². The van der Waals surface area contributed by atoms with Gasteiger partial charge < -0.3 is 10.1 Å². The molecule has 3 heteroatoms. The first-order chi connectivity index (χ1) is 8.16. The van der Waals surface area contributed by atoms with Crippen LogP contribution in [0.15, 0.2) is 18.2 Å². The fourth-order valence-corrected chi connectivity index (χ4v) is 2.19. The molecule has 1 N–H and O–H groups in total. The fraction of sp³-hybridized carbons (Fsp3) is 0.571. The summed E-state index contributed by atoms with van der Waals surface area (Å²) in [5, 5.41) is 3.54. The Hall–Kier alpha value is -0.930. The lowest BCUT2D eigenvalue weighted by atomic mass is 10.0. The van der Waals surface area contributed by atoms with E-state index in [-0.39, 0.29) is 11.9 Å². The summed E-state index contributed by atoms with van der Waals surface area (Å²) in [5.41, 5.74) is 1.71. The van der Waals surface area contributed by atoms with Gasteiger partial charge in [0.05, 0.1) is 0 Å². The second-order valence-electron chi connectivity index (χ2n) is 4.78. The molecule has 1 aromatic carbocycles. The van der Waals surface area contributed by atoms with Crippen LogP contribution >= 0.6 is 0 Å². The summed E-state index contributed by atoms with van der Waals surface area (Å²) in [7, 11) is 0. The van der Waals surface area contributed by atoms with Crippen LogP contribution in [0.3, 0.4) is 0 Å². The molecule has 0 aliphatic carbocycles. The third-order valence-corrected chi connectivity index (χ3v) is 3.40. The molecule has 94 valence electrons. The van der Waals surface area contributed by atoms with Gasteiger partial charge in [-0.3, -0.25) is 0 Å². The van der Waals surface area contributed by atoms with Crippen LogP contribution in [0.1, 0.15) is 36.9 Å². The van der Waals surface area contributed by atoms with Crippen molar-refractivity contribution in [3.63, 3.8) is 0 Å². The largest absolute Gasteiger partial charge is 0.381 e.